The van der Waals surface area contributed by atoms with Crippen LogP contribution in [0.1, 0.15) is 63.3 Å². The molecule has 0 fully saturated rings. The smallest absolute Gasteiger partial charge is 0.0777 e. The van der Waals surface area contributed by atoms with Crippen LogP contribution in [0.5, 0.6) is 0 Å². The van der Waals surface area contributed by atoms with Gasteiger partial charge in [-0.25, -0.2) is 5.84 Å². The second kappa shape index (κ2) is 10.9. The molecule has 1 atom stereocenters. The number of nitrogens with two attached hydrogens (primary N) is 3. The molecule has 0 spiro atoms. The van der Waals surface area contributed by atoms with Crippen LogP contribution in [0, 0.1) is 0 Å². The van der Waals surface area contributed by atoms with Crippen molar-refractivity contribution in [2.45, 2.75) is 46.6 Å². The molecule has 162 valence electrons. The Kier molecular flexibility index (Phi) is 8.51. The Bertz CT molecular complexity index is 885. The predicted molar refractivity (Wildman–Crippen MR) is 130 cm³/mol. The van der Waals surface area contributed by atoms with Crippen molar-refractivity contribution in [3.63, 3.8) is 0 Å². The molecule has 0 radical (unpaired) electrons. The van der Waals surface area contributed by atoms with Gasteiger partial charge < -0.3 is 21.8 Å². The Morgan fingerprint density at radius 3 is 2.63 bits per heavy atom. The molecule has 0 amide bonds. The highest BCUT2D eigenvalue weighted by Gasteiger charge is 2.26. The second-order valence-corrected chi connectivity index (χ2v) is 7.69. The van der Waals surface area contributed by atoms with Gasteiger partial charge in [-0.2, -0.15) is 0 Å². The molecular formula is C25H37N5. The van der Waals surface area contributed by atoms with Crippen LogP contribution in [0.15, 0.2) is 66.0 Å². The van der Waals surface area contributed by atoms with Gasteiger partial charge in [-0.1, -0.05) is 43.9 Å². The molecule has 1 aliphatic rings. The SMILES string of the molecule is C=C/C(C)=C\C(=C/CC)NC1CCN(N)/C(=C(/C)N)c2ccc(/C(=C/C)CN)cc21. The van der Waals surface area contributed by atoms with E-state index in [0.717, 1.165) is 46.5 Å². The molecule has 1 aromatic rings. The second-order valence-electron chi connectivity index (χ2n) is 7.69. The number of hydrogen-bond donors (Lipinski definition) is 4. The number of benzene rings is 1. The maximum atomic E-state index is 6.40. The van der Waals surface area contributed by atoms with Crippen LogP contribution < -0.4 is 22.6 Å². The zero-order valence-electron chi connectivity index (χ0n) is 18.8. The van der Waals surface area contributed by atoms with Crippen LogP contribution >= 0.6 is 0 Å². The molecule has 1 unspecified atom stereocenters. The van der Waals surface area contributed by atoms with E-state index in [2.05, 4.69) is 62.2 Å². The molecule has 1 aliphatic heterocycles. The zero-order chi connectivity index (χ0) is 22.3. The third-order valence-electron chi connectivity index (χ3n) is 5.41. The third kappa shape index (κ3) is 5.43. The average Bonchev–Trinajstić information content (AvgIpc) is 2.85. The summed E-state index contributed by atoms with van der Waals surface area (Å²) in [7, 11) is 0. The van der Waals surface area contributed by atoms with Gasteiger partial charge in [-0.15, -0.1) is 0 Å². The van der Waals surface area contributed by atoms with Crippen molar-refractivity contribution in [1.29, 1.82) is 0 Å². The van der Waals surface area contributed by atoms with Crippen LogP contribution in [-0.4, -0.2) is 18.1 Å². The lowest BCUT2D eigenvalue weighted by Gasteiger charge is -2.23. The van der Waals surface area contributed by atoms with Gasteiger partial charge in [-0.05, 0) is 68.0 Å². The minimum Gasteiger partial charge on any atom is -0.401 e. The Hall–Kier alpha value is -2.76. The van der Waals surface area contributed by atoms with E-state index in [1.165, 1.54) is 5.56 Å². The summed E-state index contributed by atoms with van der Waals surface area (Å²) in [5, 5.41) is 5.51. The van der Waals surface area contributed by atoms with Gasteiger partial charge in [0.2, 0.25) is 0 Å². The Morgan fingerprint density at radius 2 is 2.07 bits per heavy atom. The van der Waals surface area contributed by atoms with Crippen LogP contribution in [-0.2, 0) is 0 Å². The molecule has 2 rings (SSSR count). The normalized spacial score (nSPS) is 19.9. The van der Waals surface area contributed by atoms with E-state index in [1.54, 1.807) is 5.01 Å². The minimum absolute atomic E-state index is 0.0883. The lowest BCUT2D eigenvalue weighted by molar-refractivity contribution is 0.386. The molecule has 5 nitrogen and oxygen atoms in total. The molecule has 0 aliphatic carbocycles. The fourth-order valence-corrected chi connectivity index (χ4v) is 3.83. The Balaban J connectivity index is 2.64. The summed E-state index contributed by atoms with van der Waals surface area (Å²) in [5.74, 6) is 6.40. The first-order valence-corrected chi connectivity index (χ1v) is 10.6. The lowest BCUT2D eigenvalue weighted by atomic mass is 9.92. The molecule has 0 saturated heterocycles. The van der Waals surface area contributed by atoms with E-state index in [-0.39, 0.29) is 6.04 Å². The summed E-state index contributed by atoms with van der Waals surface area (Å²) in [5.41, 5.74) is 20.5. The van der Waals surface area contributed by atoms with Gasteiger partial charge in [0.15, 0.2) is 0 Å². The fourth-order valence-electron chi connectivity index (χ4n) is 3.83. The largest absolute Gasteiger partial charge is 0.401 e. The summed E-state index contributed by atoms with van der Waals surface area (Å²) < 4.78 is 0. The quantitative estimate of drug-likeness (QED) is 0.399. The van der Waals surface area contributed by atoms with Crippen molar-refractivity contribution >= 4 is 11.3 Å². The van der Waals surface area contributed by atoms with Crippen molar-refractivity contribution in [2.24, 2.45) is 17.3 Å². The van der Waals surface area contributed by atoms with Gasteiger partial charge in [0.1, 0.15) is 0 Å². The van der Waals surface area contributed by atoms with Crippen LogP contribution in [0.4, 0.5) is 0 Å². The highest BCUT2D eigenvalue weighted by atomic mass is 15.4. The zero-order valence-corrected chi connectivity index (χ0v) is 18.8. The van der Waals surface area contributed by atoms with E-state index < -0.39 is 0 Å². The molecule has 7 N–H and O–H groups in total. The van der Waals surface area contributed by atoms with Gasteiger partial charge >= 0.3 is 0 Å². The fraction of sp³-hybridized carbons (Fsp3) is 0.360. The maximum absolute atomic E-state index is 6.40. The van der Waals surface area contributed by atoms with Crippen molar-refractivity contribution in [2.75, 3.05) is 13.1 Å². The average molecular weight is 408 g/mol. The highest BCUT2D eigenvalue weighted by molar-refractivity contribution is 5.74. The Morgan fingerprint density at radius 1 is 1.33 bits per heavy atom. The number of allylic oxidation sites excluding steroid dienone is 6. The maximum Gasteiger partial charge on any atom is 0.0777 e. The highest BCUT2D eigenvalue weighted by Crippen LogP contribution is 2.35. The van der Waals surface area contributed by atoms with Gasteiger partial charge in [0.25, 0.3) is 0 Å². The first-order chi connectivity index (χ1) is 14.4. The third-order valence-corrected chi connectivity index (χ3v) is 5.41. The number of nitrogens with zero attached hydrogens (tertiary/aromatic N) is 1. The molecule has 0 aromatic heterocycles. The number of hydrazine groups is 1. The lowest BCUT2D eigenvalue weighted by Crippen LogP contribution is -2.31. The molecule has 1 heterocycles. The van der Waals surface area contributed by atoms with Crippen LogP contribution in [0.3, 0.4) is 0 Å². The number of rotatable bonds is 7. The van der Waals surface area contributed by atoms with Gasteiger partial charge in [0.05, 0.1) is 11.7 Å². The Labute approximate surface area is 181 Å². The topological polar surface area (TPSA) is 93.3 Å². The summed E-state index contributed by atoms with van der Waals surface area (Å²) in [6.45, 7) is 13.2. The monoisotopic (exact) mass is 407 g/mol. The summed E-state index contributed by atoms with van der Waals surface area (Å²) >= 11 is 0. The van der Waals surface area contributed by atoms with E-state index >= 15 is 0 Å². The summed E-state index contributed by atoms with van der Waals surface area (Å²) in [6.07, 6.45) is 10.1. The van der Waals surface area contributed by atoms with Gasteiger partial charge in [-0.3, -0.25) is 0 Å². The summed E-state index contributed by atoms with van der Waals surface area (Å²) in [6, 6.07) is 6.53. The van der Waals surface area contributed by atoms with Crippen molar-refractivity contribution in [3.05, 3.63) is 82.7 Å². The van der Waals surface area contributed by atoms with Crippen molar-refractivity contribution in [3.8, 4) is 0 Å². The molecular weight excluding hydrogens is 370 g/mol. The molecule has 0 saturated carbocycles. The standard InChI is InChI=1S/C25H37N5/c1-6-9-21(14-17(4)7-2)29-24-12-13-30(28)25(18(5)27)22-11-10-20(15-23(22)24)19(8-3)16-26/h7-11,14-15,24,29H,2,6,12-13,16,26-28H2,1,3-5H3/b17-14-,19-8+,21-9+,25-18-. The minimum atomic E-state index is 0.0883. The predicted octanol–water partition coefficient (Wildman–Crippen LogP) is 4.33. The number of hydrogen-bond acceptors (Lipinski definition) is 5. The first kappa shape index (κ1) is 23.5. The van der Waals surface area contributed by atoms with Crippen molar-refractivity contribution < 1.29 is 0 Å². The van der Waals surface area contributed by atoms with Crippen molar-refractivity contribution in [1.82, 2.24) is 10.3 Å². The molecule has 0 bridgehead atoms. The number of nitrogens with one attached hydrogen (secondary N) is 1. The van der Waals surface area contributed by atoms with Gasteiger partial charge in [0, 0.05) is 30.0 Å². The van der Waals surface area contributed by atoms with E-state index in [9.17, 15) is 0 Å². The molecule has 5 heteroatoms. The molecule has 1 aromatic carbocycles. The van der Waals surface area contributed by atoms with E-state index in [4.69, 9.17) is 17.3 Å². The summed E-state index contributed by atoms with van der Waals surface area (Å²) in [4.78, 5) is 0. The number of fused-ring (bicyclic) bond motifs is 1. The van der Waals surface area contributed by atoms with E-state index in [0.29, 0.717) is 18.8 Å². The van der Waals surface area contributed by atoms with E-state index in [1.807, 2.05) is 19.9 Å². The van der Waals surface area contributed by atoms with Crippen LogP contribution in [0.2, 0.25) is 0 Å². The molecule has 30 heavy (non-hydrogen) atoms. The van der Waals surface area contributed by atoms with Crippen LogP contribution in [0.25, 0.3) is 11.3 Å². The first-order valence-electron chi connectivity index (χ1n) is 10.6.